The van der Waals surface area contributed by atoms with Crippen molar-refractivity contribution in [1.29, 1.82) is 0 Å². The number of fused-ring (bicyclic) bond motifs is 2. The molecule has 10 rings (SSSR count). The largest absolute Gasteiger partial charge is 0.386 e. The lowest BCUT2D eigenvalue weighted by molar-refractivity contribution is -0.136. The number of imide groups is 1. The number of hydrogen-bond donors (Lipinski definition) is 2. The molecule has 4 amide bonds. The molecule has 1 unspecified atom stereocenters. The molecule has 3 fully saturated rings. The summed E-state index contributed by atoms with van der Waals surface area (Å²) in [5, 5.41) is 5.84. The van der Waals surface area contributed by atoms with Gasteiger partial charge in [0.15, 0.2) is 5.82 Å². The molecule has 8 heterocycles. The molecule has 5 aliphatic rings. The average Bonchev–Trinajstić information content (AvgIpc) is 3.80. The maximum absolute atomic E-state index is 16.1. The number of carbonyl (C=O) groups excluding carboxylic acids is 4. The monoisotopic (exact) mass is 968 g/mol. The normalized spacial score (nSPS) is 20.6. The highest BCUT2D eigenvalue weighted by Gasteiger charge is 2.49. The maximum Gasteiger partial charge on any atom is 0.257 e. The lowest BCUT2D eigenvalue weighted by atomic mass is 9.86. The maximum atomic E-state index is 16.1. The molecule has 15 nitrogen and oxygen atoms in total. The number of likely N-dealkylation sites (tertiary alicyclic amines) is 1. The Labute approximate surface area is 412 Å². The smallest absolute Gasteiger partial charge is 0.257 e. The molecule has 0 aliphatic carbocycles. The SMILES string of the molecule is CNc1cc(=O)n(-c2ccnc3c2cc([C@H](C)N2CC=C(c4c(C)cc(C(=O)N5CCC(CN6CCN(c7ccc8c(c7)C(C)(C)C(=O)N8C7CCC(=O)NC7=O)CC6)CC5)cc4F)CC2)n3C)cc1F. The van der Waals surface area contributed by atoms with E-state index < -0.39 is 23.2 Å². The van der Waals surface area contributed by atoms with Crippen LogP contribution < -0.4 is 26.0 Å². The lowest BCUT2D eigenvalue weighted by Gasteiger charge is -2.40. The Bertz CT molecular complexity index is 3050. The van der Waals surface area contributed by atoms with E-state index in [1.165, 1.54) is 22.9 Å². The fourth-order valence-electron chi connectivity index (χ4n) is 11.7. The van der Waals surface area contributed by atoms with E-state index >= 15 is 4.39 Å². The Balaban J connectivity index is 0.725. The molecule has 0 spiro atoms. The highest BCUT2D eigenvalue weighted by molar-refractivity contribution is 6.14. The number of aromatic nitrogens is 3. The van der Waals surface area contributed by atoms with Crippen molar-refractivity contribution in [2.24, 2.45) is 13.0 Å². The van der Waals surface area contributed by atoms with Crippen molar-refractivity contribution in [2.75, 3.05) is 81.1 Å². The van der Waals surface area contributed by atoms with Gasteiger partial charge in [-0.15, -0.1) is 0 Å². The van der Waals surface area contributed by atoms with Gasteiger partial charge in [0.2, 0.25) is 17.7 Å². The number of piperazine rings is 1. The molecule has 3 aromatic heterocycles. The molecule has 0 bridgehead atoms. The third-order valence-electron chi connectivity index (χ3n) is 15.9. The van der Waals surface area contributed by atoms with Crippen LogP contribution in [0.4, 0.5) is 25.8 Å². The van der Waals surface area contributed by atoms with E-state index in [2.05, 4.69) is 49.4 Å². The van der Waals surface area contributed by atoms with Crippen LogP contribution in [0, 0.1) is 24.5 Å². The van der Waals surface area contributed by atoms with Gasteiger partial charge in [-0.05, 0) is 118 Å². The van der Waals surface area contributed by atoms with Crippen LogP contribution >= 0.6 is 0 Å². The Morgan fingerprint density at radius 2 is 1.66 bits per heavy atom. The number of halogens is 2. The predicted octanol–water partition coefficient (Wildman–Crippen LogP) is 6.31. The fraction of sp³-hybridized carbons (Fsp3) is 0.444. The quantitative estimate of drug-likeness (QED) is 0.153. The van der Waals surface area contributed by atoms with Crippen LogP contribution in [0.15, 0.2) is 71.8 Å². The minimum atomic E-state index is -0.802. The number of pyridine rings is 2. The summed E-state index contributed by atoms with van der Waals surface area (Å²) in [6.07, 6.45) is 7.80. The van der Waals surface area contributed by atoms with E-state index in [4.69, 9.17) is 0 Å². The van der Waals surface area contributed by atoms with E-state index in [0.29, 0.717) is 67.4 Å². The number of aryl methyl sites for hydroxylation is 2. The standard InChI is InChI=1S/C54H62F2N10O5/c1-32-25-36(26-40(55)49(32)35-14-19-62(20-15-35)33(2)46-28-38-43(11-16-58-50(38)60(46)6)65-31-41(56)42(57-5)29-48(65)68)52(70)64-17-12-34(13-18-64)30-61-21-23-63(24-22-61)37-7-8-44-39(27-37)54(3,4)53(71)66(44)45-9-10-47(67)59-51(45)69/h7-8,11,14,16,25-29,31,33-34,45,57H,9-10,12-13,15,17-24,30H2,1-6H3,(H,59,67,69)/t33-,45?/m0/s1. The van der Waals surface area contributed by atoms with E-state index in [1.54, 1.807) is 24.2 Å². The second-order valence-electron chi connectivity index (χ2n) is 20.5. The number of nitrogens with one attached hydrogen (secondary N) is 2. The molecular weight excluding hydrogens is 907 g/mol. The zero-order valence-corrected chi connectivity index (χ0v) is 41.4. The van der Waals surface area contributed by atoms with E-state index in [1.807, 2.05) is 61.6 Å². The summed E-state index contributed by atoms with van der Waals surface area (Å²) >= 11 is 0. The lowest BCUT2D eigenvalue weighted by Crippen LogP contribution is -2.55. The first-order valence-electron chi connectivity index (χ1n) is 24.9. The zero-order valence-electron chi connectivity index (χ0n) is 41.4. The molecule has 2 atom stereocenters. The molecule has 0 radical (unpaired) electrons. The minimum Gasteiger partial charge on any atom is -0.386 e. The van der Waals surface area contributed by atoms with Gasteiger partial charge in [-0.25, -0.2) is 13.8 Å². The number of anilines is 3. The fourth-order valence-corrected chi connectivity index (χ4v) is 11.7. The summed E-state index contributed by atoms with van der Waals surface area (Å²) in [5.74, 6) is -1.47. The molecular formula is C54H62F2N10O5. The second-order valence-corrected chi connectivity index (χ2v) is 20.5. The molecule has 2 aromatic carbocycles. The van der Waals surface area contributed by atoms with Crippen molar-refractivity contribution < 1.29 is 28.0 Å². The summed E-state index contributed by atoms with van der Waals surface area (Å²) < 4.78 is 34.2. The summed E-state index contributed by atoms with van der Waals surface area (Å²) in [6.45, 7) is 14.7. The molecule has 372 valence electrons. The predicted molar refractivity (Wildman–Crippen MR) is 270 cm³/mol. The summed E-state index contributed by atoms with van der Waals surface area (Å²) in [5.41, 5.74) is 6.43. The number of nitrogens with zero attached hydrogens (tertiary/aromatic N) is 8. The van der Waals surface area contributed by atoms with Gasteiger partial charge in [-0.3, -0.25) is 48.6 Å². The molecule has 0 saturated carbocycles. The van der Waals surface area contributed by atoms with Crippen LogP contribution in [0.2, 0.25) is 0 Å². The molecule has 2 N–H and O–H groups in total. The van der Waals surface area contributed by atoms with Crippen molar-refractivity contribution in [3.8, 4) is 5.69 Å². The van der Waals surface area contributed by atoms with E-state index in [9.17, 15) is 28.4 Å². The van der Waals surface area contributed by atoms with Crippen LogP contribution in [-0.4, -0.2) is 124 Å². The molecule has 17 heteroatoms. The van der Waals surface area contributed by atoms with Crippen LogP contribution in [0.3, 0.4) is 0 Å². The average molecular weight is 969 g/mol. The summed E-state index contributed by atoms with van der Waals surface area (Å²) in [6, 6.07) is 13.5. The highest BCUT2D eigenvalue weighted by atomic mass is 19.1. The van der Waals surface area contributed by atoms with Gasteiger partial charge in [-0.1, -0.05) is 6.08 Å². The third-order valence-corrected chi connectivity index (χ3v) is 15.9. The number of carbonyl (C=O) groups is 4. The van der Waals surface area contributed by atoms with Crippen LogP contribution in [-0.2, 0) is 26.8 Å². The number of amides is 4. The van der Waals surface area contributed by atoms with E-state index in [0.717, 1.165) is 84.7 Å². The summed E-state index contributed by atoms with van der Waals surface area (Å²) in [4.78, 5) is 80.3. The third kappa shape index (κ3) is 8.70. The van der Waals surface area contributed by atoms with Crippen molar-refractivity contribution in [3.05, 3.63) is 117 Å². The van der Waals surface area contributed by atoms with Gasteiger partial charge < -0.3 is 19.7 Å². The van der Waals surface area contributed by atoms with Crippen molar-refractivity contribution in [1.82, 2.24) is 34.1 Å². The van der Waals surface area contributed by atoms with Gasteiger partial charge >= 0.3 is 0 Å². The Hall–Kier alpha value is -6.72. The van der Waals surface area contributed by atoms with Crippen molar-refractivity contribution in [3.63, 3.8) is 0 Å². The Morgan fingerprint density at radius 3 is 2.35 bits per heavy atom. The van der Waals surface area contributed by atoms with Gasteiger partial charge in [0.25, 0.3) is 11.5 Å². The topological polar surface area (TPSA) is 148 Å². The Morgan fingerprint density at radius 1 is 0.901 bits per heavy atom. The van der Waals surface area contributed by atoms with Crippen LogP contribution in [0.5, 0.6) is 0 Å². The minimum absolute atomic E-state index is 0.0477. The first-order chi connectivity index (χ1) is 34.0. The van der Waals surface area contributed by atoms with Gasteiger partial charge in [0.1, 0.15) is 17.5 Å². The zero-order chi connectivity index (χ0) is 50.0. The molecule has 5 aromatic rings. The van der Waals surface area contributed by atoms with Crippen molar-refractivity contribution in [2.45, 2.75) is 77.3 Å². The number of rotatable bonds is 10. The van der Waals surface area contributed by atoms with Gasteiger partial charge in [0, 0.05) is 131 Å². The highest BCUT2D eigenvalue weighted by Crippen LogP contribution is 2.45. The van der Waals surface area contributed by atoms with E-state index in [-0.39, 0.29) is 47.2 Å². The van der Waals surface area contributed by atoms with Crippen LogP contribution in [0.25, 0.3) is 22.3 Å². The molecule has 5 aliphatic heterocycles. The van der Waals surface area contributed by atoms with Crippen molar-refractivity contribution >= 4 is 57.3 Å². The number of benzene rings is 2. The van der Waals surface area contributed by atoms with Crippen LogP contribution in [0.1, 0.15) is 91.7 Å². The van der Waals surface area contributed by atoms with Gasteiger partial charge in [-0.2, -0.15) is 0 Å². The number of hydrogen-bond acceptors (Lipinski definition) is 10. The second kappa shape index (κ2) is 18.8. The number of piperidine rings is 2. The first-order valence-corrected chi connectivity index (χ1v) is 24.9. The molecule has 71 heavy (non-hydrogen) atoms. The summed E-state index contributed by atoms with van der Waals surface area (Å²) in [7, 11) is 3.50. The Kier molecular flexibility index (Phi) is 12.7. The molecule has 3 saturated heterocycles. The first kappa shape index (κ1) is 47.9. The van der Waals surface area contributed by atoms with Gasteiger partial charge in [0.05, 0.1) is 23.0 Å².